The Bertz CT molecular complexity index is 604. The Kier molecular flexibility index (Phi) is 6.41. The quantitative estimate of drug-likeness (QED) is 0.744. The Hall–Kier alpha value is -1.60. The van der Waals surface area contributed by atoms with Crippen molar-refractivity contribution in [3.8, 4) is 0 Å². The van der Waals surface area contributed by atoms with E-state index < -0.39 is 10.0 Å². The third-order valence-corrected chi connectivity index (χ3v) is 5.43. The number of hydrogen-bond donors (Lipinski definition) is 2. The number of rotatable bonds is 7. The topological polar surface area (TPSA) is 78.5 Å². The van der Waals surface area contributed by atoms with Gasteiger partial charge in [-0.1, -0.05) is 30.3 Å². The van der Waals surface area contributed by atoms with Crippen LogP contribution in [0.5, 0.6) is 0 Å². The third-order valence-electron chi connectivity index (χ3n) is 4.03. The lowest BCUT2D eigenvalue weighted by molar-refractivity contribution is 0.193. The van der Waals surface area contributed by atoms with Crippen LogP contribution in [0.2, 0.25) is 0 Å². The Morgan fingerprint density at radius 1 is 1.26 bits per heavy atom. The lowest BCUT2D eigenvalue weighted by atomic mass is 10.1. The monoisotopic (exact) mass is 339 g/mol. The molecular weight excluding hydrogens is 314 g/mol. The lowest BCUT2D eigenvalue weighted by Gasteiger charge is -2.25. The number of amides is 2. The Morgan fingerprint density at radius 2 is 2.00 bits per heavy atom. The standard InChI is InChI=1S/C16H25N3O3S/c1-2-23(21,22)18-12-7-11-17-16(20)19-13-6-10-15(19)14-8-4-3-5-9-14/h3-5,8-9,15,18H,2,6-7,10-13H2,1H3,(H,17,20). The van der Waals surface area contributed by atoms with Crippen LogP contribution in [-0.4, -0.2) is 44.7 Å². The smallest absolute Gasteiger partial charge is 0.317 e. The van der Waals surface area contributed by atoms with Gasteiger partial charge in [-0.3, -0.25) is 0 Å². The van der Waals surface area contributed by atoms with Crippen LogP contribution in [0.1, 0.15) is 37.8 Å². The van der Waals surface area contributed by atoms with E-state index in [1.54, 1.807) is 6.92 Å². The lowest BCUT2D eigenvalue weighted by Crippen LogP contribution is -2.40. The van der Waals surface area contributed by atoms with Gasteiger partial charge >= 0.3 is 6.03 Å². The van der Waals surface area contributed by atoms with E-state index in [4.69, 9.17) is 0 Å². The summed E-state index contributed by atoms with van der Waals surface area (Å²) in [6.07, 6.45) is 2.56. The number of carbonyl (C=O) groups is 1. The van der Waals surface area contributed by atoms with E-state index in [0.717, 1.165) is 24.9 Å². The molecule has 1 atom stereocenters. The predicted octanol–water partition coefficient (Wildman–Crippen LogP) is 1.86. The van der Waals surface area contributed by atoms with Crippen molar-refractivity contribution in [2.24, 2.45) is 0 Å². The van der Waals surface area contributed by atoms with E-state index in [9.17, 15) is 13.2 Å². The van der Waals surface area contributed by atoms with Crippen LogP contribution in [0.15, 0.2) is 30.3 Å². The summed E-state index contributed by atoms with van der Waals surface area (Å²) in [6, 6.07) is 10.1. The molecule has 7 heteroatoms. The van der Waals surface area contributed by atoms with Gasteiger partial charge in [0.2, 0.25) is 10.0 Å². The average Bonchev–Trinajstić information content (AvgIpc) is 3.05. The summed E-state index contributed by atoms with van der Waals surface area (Å²) in [6.45, 7) is 3.16. The first-order valence-electron chi connectivity index (χ1n) is 8.10. The van der Waals surface area contributed by atoms with Crippen LogP contribution in [-0.2, 0) is 10.0 Å². The second-order valence-electron chi connectivity index (χ2n) is 5.65. The fourth-order valence-corrected chi connectivity index (χ4v) is 3.41. The van der Waals surface area contributed by atoms with Crippen molar-refractivity contribution in [3.05, 3.63) is 35.9 Å². The highest BCUT2D eigenvalue weighted by Crippen LogP contribution is 2.31. The number of hydrogen-bond acceptors (Lipinski definition) is 3. The molecule has 0 aliphatic carbocycles. The minimum atomic E-state index is -3.15. The first-order chi connectivity index (χ1) is 11.0. The molecule has 1 heterocycles. The van der Waals surface area contributed by atoms with Gasteiger partial charge in [0, 0.05) is 19.6 Å². The van der Waals surface area contributed by atoms with E-state index >= 15 is 0 Å². The molecule has 2 N–H and O–H groups in total. The van der Waals surface area contributed by atoms with E-state index in [1.807, 2.05) is 23.1 Å². The summed E-state index contributed by atoms with van der Waals surface area (Å²) >= 11 is 0. The molecule has 0 aromatic heterocycles. The van der Waals surface area contributed by atoms with E-state index in [-0.39, 0.29) is 17.8 Å². The molecule has 0 spiro atoms. The summed E-state index contributed by atoms with van der Waals surface area (Å²) in [5.41, 5.74) is 1.16. The van der Waals surface area contributed by atoms with Crippen molar-refractivity contribution in [2.75, 3.05) is 25.4 Å². The molecule has 2 amide bonds. The van der Waals surface area contributed by atoms with Gasteiger partial charge < -0.3 is 10.2 Å². The molecule has 128 valence electrons. The summed E-state index contributed by atoms with van der Waals surface area (Å²) in [5.74, 6) is 0.0753. The van der Waals surface area contributed by atoms with Gasteiger partial charge in [0.15, 0.2) is 0 Å². The van der Waals surface area contributed by atoms with Gasteiger partial charge in [0.1, 0.15) is 0 Å². The Morgan fingerprint density at radius 3 is 2.70 bits per heavy atom. The number of sulfonamides is 1. The van der Waals surface area contributed by atoms with Gasteiger partial charge in [-0.15, -0.1) is 0 Å². The highest BCUT2D eigenvalue weighted by atomic mass is 32.2. The summed E-state index contributed by atoms with van der Waals surface area (Å²) in [7, 11) is -3.15. The van der Waals surface area contributed by atoms with E-state index in [1.165, 1.54) is 0 Å². The average molecular weight is 339 g/mol. The van der Waals surface area contributed by atoms with Crippen LogP contribution in [0.25, 0.3) is 0 Å². The molecule has 1 aromatic rings. The number of nitrogens with one attached hydrogen (secondary N) is 2. The van der Waals surface area contributed by atoms with Crippen molar-refractivity contribution >= 4 is 16.1 Å². The zero-order chi connectivity index (χ0) is 16.7. The van der Waals surface area contributed by atoms with Crippen LogP contribution in [0, 0.1) is 0 Å². The number of benzene rings is 1. The van der Waals surface area contributed by atoms with Crippen LogP contribution in [0.3, 0.4) is 0 Å². The minimum Gasteiger partial charge on any atom is -0.338 e. The molecule has 1 unspecified atom stereocenters. The molecule has 1 fully saturated rings. The number of carbonyl (C=O) groups excluding carboxylic acids is 1. The van der Waals surface area contributed by atoms with Gasteiger partial charge in [0.25, 0.3) is 0 Å². The molecule has 23 heavy (non-hydrogen) atoms. The second-order valence-corrected chi connectivity index (χ2v) is 7.74. The number of urea groups is 1. The zero-order valence-corrected chi connectivity index (χ0v) is 14.3. The van der Waals surface area contributed by atoms with Crippen LogP contribution >= 0.6 is 0 Å². The molecule has 1 aromatic carbocycles. The van der Waals surface area contributed by atoms with E-state index in [2.05, 4.69) is 22.2 Å². The van der Waals surface area contributed by atoms with E-state index in [0.29, 0.717) is 19.5 Å². The maximum Gasteiger partial charge on any atom is 0.317 e. The molecule has 1 aliphatic rings. The molecular formula is C16H25N3O3S. The molecule has 2 rings (SSSR count). The first kappa shape index (κ1) is 17.7. The third kappa shape index (κ3) is 5.21. The SMILES string of the molecule is CCS(=O)(=O)NCCCNC(=O)N1CCCC1c1ccccc1. The molecule has 6 nitrogen and oxygen atoms in total. The van der Waals surface area contributed by atoms with Crippen molar-refractivity contribution in [1.82, 2.24) is 14.9 Å². The van der Waals surface area contributed by atoms with Crippen molar-refractivity contribution in [3.63, 3.8) is 0 Å². The fraction of sp³-hybridized carbons (Fsp3) is 0.562. The summed E-state index contributed by atoms with van der Waals surface area (Å²) < 4.78 is 25.1. The maximum absolute atomic E-state index is 12.3. The molecule has 0 radical (unpaired) electrons. The van der Waals surface area contributed by atoms with Crippen molar-refractivity contribution in [1.29, 1.82) is 0 Å². The van der Waals surface area contributed by atoms with Crippen LogP contribution in [0.4, 0.5) is 4.79 Å². The van der Waals surface area contributed by atoms with Gasteiger partial charge in [0.05, 0.1) is 11.8 Å². The van der Waals surface area contributed by atoms with Crippen molar-refractivity contribution < 1.29 is 13.2 Å². The number of likely N-dealkylation sites (tertiary alicyclic amines) is 1. The van der Waals surface area contributed by atoms with Gasteiger partial charge in [-0.25, -0.2) is 17.9 Å². The van der Waals surface area contributed by atoms with Crippen molar-refractivity contribution in [2.45, 2.75) is 32.2 Å². The highest BCUT2D eigenvalue weighted by molar-refractivity contribution is 7.89. The zero-order valence-electron chi connectivity index (χ0n) is 13.5. The largest absolute Gasteiger partial charge is 0.338 e. The Balaban J connectivity index is 1.77. The van der Waals surface area contributed by atoms with Gasteiger partial charge in [-0.05, 0) is 31.7 Å². The molecule has 1 saturated heterocycles. The maximum atomic E-state index is 12.3. The number of nitrogens with zero attached hydrogens (tertiary/aromatic N) is 1. The summed E-state index contributed by atoms with van der Waals surface area (Å²) in [5, 5.41) is 2.88. The Labute approximate surface area is 138 Å². The molecule has 1 aliphatic heterocycles. The normalized spacial score (nSPS) is 18.1. The van der Waals surface area contributed by atoms with Gasteiger partial charge in [-0.2, -0.15) is 0 Å². The minimum absolute atomic E-state index is 0.0744. The molecule has 0 bridgehead atoms. The second kappa shape index (κ2) is 8.31. The summed E-state index contributed by atoms with van der Waals surface area (Å²) in [4.78, 5) is 14.2. The van der Waals surface area contributed by atoms with Crippen LogP contribution < -0.4 is 10.0 Å². The molecule has 0 saturated carbocycles. The predicted molar refractivity (Wildman–Crippen MR) is 90.6 cm³/mol. The fourth-order valence-electron chi connectivity index (χ4n) is 2.75. The highest BCUT2D eigenvalue weighted by Gasteiger charge is 2.29. The first-order valence-corrected chi connectivity index (χ1v) is 9.75.